The fourth-order valence-corrected chi connectivity index (χ4v) is 4.42. The third-order valence-corrected chi connectivity index (χ3v) is 5.88. The van der Waals surface area contributed by atoms with E-state index >= 15 is 0 Å². The van der Waals surface area contributed by atoms with Crippen LogP contribution in [0.25, 0.3) is 17.4 Å². The second-order valence-electron chi connectivity index (χ2n) is 6.54. The molecule has 1 aliphatic rings. The molecule has 1 aromatic heterocycles. The summed E-state index contributed by atoms with van der Waals surface area (Å²) in [5.74, 6) is -0.768. The monoisotopic (exact) mass is 462 g/mol. The van der Waals surface area contributed by atoms with Gasteiger partial charge in [-0.15, -0.1) is 0 Å². The van der Waals surface area contributed by atoms with E-state index < -0.39 is 22.8 Å². The van der Waals surface area contributed by atoms with E-state index in [4.69, 9.17) is 21.4 Å². The summed E-state index contributed by atoms with van der Waals surface area (Å²) < 4.78 is 10.9. The molecular weight excluding hydrogens is 444 g/mol. The number of ether oxygens (including phenoxy) is 1. The lowest BCUT2D eigenvalue weighted by molar-refractivity contribution is -0.384. The molecule has 3 rings (SSSR count). The van der Waals surface area contributed by atoms with Gasteiger partial charge in [-0.25, -0.2) is 4.79 Å². The molecule has 1 N–H and O–H groups in total. The van der Waals surface area contributed by atoms with Crippen molar-refractivity contribution in [3.05, 3.63) is 51.1 Å². The molecule has 1 amide bonds. The molecule has 1 unspecified atom stereocenters. The summed E-state index contributed by atoms with van der Waals surface area (Å²) in [5, 5.41) is 20.9. The molecular formula is C20H18N2O7S2. The van der Waals surface area contributed by atoms with E-state index in [2.05, 4.69) is 0 Å². The number of carboxylic acids is 1. The minimum Gasteiger partial charge on any atom is -0.497 e. The van der Waals surface area contributed by atoms with Gasteiger partial charge in [0, 0.05) is 6.08 Å². The Hall–Kier alpha value is -3.18. The maximum Gasteiger partial charge on any atom is 0.326 e. The number of nitro groups is 1. The molecule has 1 fully saturated rings. The van der Waals surface area contributed by atoms with Gasteiger partial charge >= 0.3 is 5.97 Å². The number of carboxylic acid groups (broad SMARTS) is 1. The van der Waals surface area contributed by atoms with Gasteiger partial charge in [-0.2, -0.15) is 0 Å². The molecule has 31 heavy (non-hydrogen) atoms. The van der Waals surface area contributed by atoms with Gasteiger partial charge in [0.05, 0.1) is 28.6 Å². The predicted molar refractivity (Wildman–Crippen MR) is 119 cm³/mol. The Bertz CT molecular complexity index is 1090. The largest absolute Gasteiger partial charge is 0.497 e. The smallest absolute Gasteiger partial charge is 0.326 e. The highest BCUT2D eigenvalue weighted by Crippen LogP contribution is 2.37. The molecule has 2 heterocycles. The van der Waals surface area contributed by atoms with Gasteiger partial charge in [-0.1, -0.05) is 37.3 Å². The maximum absolute atomic E-state index is 12.8. The molecule has 0 radical (unpaired) electrons. The Morgan fingerprint density at radius 2 is 2.16 bits per heavy atom. The summed E-state index contributed by atoms with van der Waals surface area (Å²) in [6.07, 6.45) is 2.30. The number of thioether (sulfide) groups is 1. The Labute approximate surface area is 186 Å². The van der Waals surface area contributed by atoms with Crippen molar-refractivity contribution in [3.8, 4) is 17.1 Å². The minimum atomic E-state index is -1.12. The van der Waals surface area contributed by atoms with E-state index in [1.54, 1.807) is 18.2 Å². The zero-order valence-corrected chi connectivity index (χ0v) is 18.2. The first-order chi connectivity index (χ1) is 14.8. The summed E-state index contributed by atoms with van der Waals surface area (Å²) in [5.41, 5.74) is 0.0716. The lowest BCUT2D eigenvalue weighted by atomic mass is 10.1. The number of benzene rings is 1. The summed E-state index contributed by atoms with van der Waals surface area (Å²) in [6, 6.07) is 6.48. The molecule has 1 saturated heterocycles. The lowest BCUT2D eigenvalue weighted by Crippen LogP contribution is -2.43. The van der Waals surface area contributed by atoms with E-state index in [1.165, 1.54) is 25.3 Å². The number of nitrogens with zero attached hydrogens (tertiary/aromatic N) is 2. The van der Waals surface area contributed by atoms with Crippen molar-refractivity contribution < 1.29 is 28.8 Å². The van der Waals surface area contributed by atoms with Crippen molar-refractivity contribution in [3.63, 3.8) is 0 Å². The van der Waals surface area contributed by atoms with Crippen molar-refractivity contribution in [2.24, 2.45) is 0 Å². The van der Waals surface area contributed by atoms with Crippen LogP contribution >= 0.6 is 24.0 Å². The molecule has 0 saturated carbocycles. The quantitative estimate of drug-likeness (QED) is 0.264. The molecule has 1 aliphatic heterocycles. The van der Waals surface area contributed by atoms with Crippen LogP contribution in [0.4, 0.5) is 5.69 Å². The molecule has 11 heteroatoms. The standard InChI is InChI=1S/C20H18N2O7S2/c1-3-4-14(19(24)25)21-18(23)17(31-20(21)30)10-12-6-8-16(29-12)13-7-5-11(28-2)9-15(13)22(26)27/h5-10,14H,3-4H2,1-2H3,(H,24,25)/b17-10-. The lowest BCUT2D eigenvalue weighted by Gasteiger charge is -2.22. The van der Waals surface area contributed by atoms with Crippen molar-refractivity contribution in [1.82, 2.24) is 4.90 Å². The van der Waals surface area contributed by atoms with Gasteiger partial charge in [0.25, 0.3) is 11.6 Å². The number of carbonyl (C=O) groups is 2. The summed E-state index contributed by atoms with van der Waals surface area (Å²) in [7, 11) is 1.41. The van der Waals surface area contributed by atoms with E-state index in [0.717, 1.165) is 16.7 Å². The van der Waals surface area contributed by atoms with Crippen LogP contribution in [0, 0.1) is 10.1 Å². The second kappa shape index (κ2) is 9.31. The number of methoxy groups -OCH3 is 1. The Morgan fingerprint density at radius 1 is 1.42 bits per heavy atom. The molecule has 0 spiro atoms. The number of furan rings is 1. The number of thiocarbonyl (C=S) groups is 1. The normalized spacial score (nSPS) is 16.1. The number of nitro benzene ring substituents is 1. The van der Waals surface area contributed by atoms with E-state index in [1.807, 2.05) is 6.92 Å². The number of rotatable bonds is 8. The van der Waals surface area contributed by atoms with Gasteiger partial charge in [0.2, 0.25) is 0 Å². The van der Waals surface area contributed by atoms with Crippen LogP contribution in [-0.2, 0) is 9.59 Å². The van der Waals surface area contributed by atoms with E-state index in [9.17, 15) is 24.8 Å². The topological polar surface area (TPSA) is 123 Å². The number of amides is 1. The third-order valence-electron chi connectivity index (χ3n) is 4.55. The van der Waals surface area contributed by atoms with Gasteiger partial charge < -0.3 is 14.3 Å². The highest BCUT2D eigenvalue weighted by Gasteiger charge is 2.40. The maximum atomic E-state index is 12.8. The van der Waals surface area contributed by atoms with Crippen molar-refractivity contribution in [1.29, 1.82) is 0 Å². The fourth-order valence-electron chi connectivity index (χ4n) is 3.09. The van der Waals surface area contributed by atoms with Crippen LogP contribution in [-0.4, -0.2) is 44.3 Å². The van der Waals surface area contributed by atoms with Gasteiger partial charge in [0.1, 0.15) is 27.6 Å². The number of hydrogen-bond acceptors (Lipinski definition) is 8. The summed E-state index contributed by atoms with van der Waals surface area (Å²) in [6.45, 7) is 1.83. The Balaban J connectivity index is 1.91. The molecule has 1 atom stereocenters. The second-order valence-corrected chi connectivity index (χ2v) is 8.21. The Kier molecular flexibility index (Phi) is 6.76. The molecule has 0 bridgehead atoms. The van der Waals surface area contributed by atoms with E-state index in [0.29, 0.717) is 12.2 Å². The highest BCUT2D eigenvalue weighted by molar-refractivity contribution is 8.26. The zero-order chi connectivity index (χ0) is 22.7. The first kappa shape index (κ1) is 22.5. The van der Waals surface area contributed by atoms with Gasteiger partial charge in [0.15, 0.2) is 0 Å². The molecule has 1 aromatic carbocycles. The molecule has 9 nitrogen and oxygen atoms in total. The first-order valence-corrected chi connectivity index (χ1v) is 10.4. The van der Waals surface area contributed by atoms with Crippen LogP contribution in [0.5, 0.6) is 5.75 Å². The fraction of sp³-hybridized carbons (Fsp3) is 0.250. The van der Waals surface area contributed by atoms with Crippen LogP contribution in [0.3, 0.4) is 0 Å². The first-order valence-electron chi connectivity index (χ1n) is 9.19. The minimum absolute atomic E-state index is 0.162. The van der Waals surface area contributed by atoms with Crippen LogP contribution in [0.1, 0.15) is 25.5 Å². The van der Waals surface area contributed by atoms with Crippen LogP contribution < -0.4 is 4.74 Å². The predicted octanol–water partition coefficient (Wildman–Crippen LogP) is 4.32. The number of carbonyl (C=O) groups excluding carboxylic acids is 1. The van der Waals surface area contributed by atoms with Crippen LogP contribution in [0.2, 0.25) is 0 Å². The van der Waals surface area contributed by atoms with Crippen molar-refractivity contribution in [2.75, 3.05) is 7.11 Å². The SMILES string of the molecule is CCCC(C(=O)O)N1C(=O)/C(=C/c2ccc(-c3ccc(OC)cc3[N+](=O)[O-])o2)SC1=S. The molecule has 2 aromatic rings. The number of aliphatic carboxylic acids is 1. The van der Waals surface area contributed by atoms with Gasteiger partial charge in [-0.3, -0.25) is 19.8 Å². The summed E-state index contributed by atoms with van der Waals surface area (Å²) >= 11 is 6.21. The van der Waals surface area contributed by atoms with Crippen LogP contribution in [0.15, 0.2) is 39.7 Å². The van der Waals surface area contributed by atoms with Crippen molar-refractivity contribution in [2.45, 2.75) is 25.8 Å². The van der Waals surface area contributed by atoms with Gasteiger partial charge in [-0.05, 0) is 30.7 Å². The molecule has 162 valence electrons. The zero-order valence-electron chi connectivity index (χ0n) is 16.6. The Morgan fingerprint density at radius 3 is 2.77 bits per heavy atom. The highest BCUT2D eigenvalue weighted by atomic mass is 32.2. The third kappa shape index (κ3) is 4.62. The average Bonchev–Trinajstić information content (AvgIpc) is 3.30. The average molecular weight is 463 g/mol. The number of hydrogen-bond donors (Lipinski definition) is 1. The van der Waals surface area contributed by atoms with E-state index in [-0.39, 0.29) is 38.4 Å². The van der Waals surface area contributed by atoms with Crippen molar-refractivity contribution >= 4 is 51.9 Å². The molecule has 0 aliphatic carbocycles. The summed E-state index contributed by atoms with van der Waals surface area (Å²) in [4.78, 5) is 36.5.